The van der Waals surface area contributed by atoms with E-state index in [-0.39, 0.29) is 6.09 Å². The average Bonchev–Trinajstić information content (AvgIpc) is 3.08. The van der Waals surface area contributed by atoms with E-state index >= 15 is 0 Å². The Morgan fingerprint density at radius 1 is 0.833 bits per heavy atom. The van der Waals surface area contributed by atoms with Crippen molar-refractivity contribution < 1.29 is 9.53 Å². The van der Waals surface area contributed by atoms with Gasteiger partial charge in [-0.25, -0.2) is 9.36 Å². The molecular formula is C27H37NO2. The molecule has 30 heavy (non-hydrogen) atoms. The number of hydrogen-bond donors (Lipinski definition) is 0. The number of methoxy groups -OCH3 is 1. The first kappa shape index (κ1) is 22.4. The smallest absolute Gasteiger partial charge is 0.418 e. The number of rotatable bonds is 10. The van der Waals surface area contributed by atoms with Gasteiger partial charge in [-0.2, -0.15) is 0 Å². The number of fused-ring (bicyclic) bond motifs is 3. The van der Waals surface area contributed by atoms with Crippen LogP contribution in [0.1, 0.15) is 81.9 Å². The van der Waals surface area contributed by atoms with Gasteiger partial charge in [-0.1, -0.05) is 64.5 Å². The van der Waals surface area contributed by atoms with E-state index in [4.69, 9.17) is 4.74 Å². The lowest BCUT2D eigenvalue weighted by Crippen LogP contribution is -2.11. The zero-order valence-electron chi connectivity index (χ0n) is 19.2. The number of carbonyl (C=O) groups excluding carboxylic acids is 1. The molecular weight excluding hydrogens is 370 g/mol. The molecule has 3 heteroatoms. The molecule has 0 fully saturated rings. The number of ether oxygens (including phenoxy) is 1. The summed E-state index contributed by atoms with van der Waals surface area (Å²) in [5.74, 6) is 0. The Morgan fingerprint density at radius 3 is 2.10 bits per heavy atom. The second-order valence-corrected chi connectivity index (χ2v) is 8.59. The van der Waals surface area contributed by atoms with Gasteiger partial charge in [0.1, 0.15) is 0 Å². The lowest BCUT2D eigenvalue weighted by Gasteiger charge is -2.08. The Balaban J connectivity index is 2.04. The van der Waals surface area contributed by atoms with Gasteiger partial charge in [0.25, 0.3) is 0 Å². The topological polar surface area (TPSA) is 31.2 Å². The van der Waals surface area contributed by atoms with E-state index in [0.717, 1.165) is 29.4 Å². The van der Waals surface area contributed by atoms with E-state index in [1.54, 1.807) is 4.57 Å². The molecule has 0 aliphatic heterocycles. The van der Waals surface area contributed by atoms with Gasteiger partial charge < -0.3 is 4.74 Å². The molecule has 1 aromatic heterocycles. The maximum atomic E-state index is 12.7. The van der Waals surface area contributed by atoms with Crippen LogP contribution < -0.4 is 0 Å². The fourth-order valence-electron chi connectivity index (χ4n) is 4.56. The molecule has 3 aromatic rings. The van der Waals surface area contributed by atoms with Crippen LogP contribution in [0.3, 0.4) is 0 Å². The van der Waals surface area contributed by atoms with Crippen LogP contribution in [0.15, 0.2) is 30.3 Å². The maximum absolute atomic E-state index is 12.7. The Bertz CT molecular complexity index is 999. The van der Waals surface area contributed by atoms with Crippen LogP contribution in [0.25, 0.3) is 21.8 Å². The van der Waals surface area contributed by atoms with Crippen LogP contribution in [0.4, 0.5) is 4.79 Å². The molecule has 0 bridgehead atoms. The summed E-state index contributed by atoms with van der Waals surface area (Å²) in [4.78, 5) is 12.7. The summed E-state index contributed by atoms with van der Waals surface area (Å²) in [5, 5.41) is 2.35. The fourth-order valence-corrected chi connectivity index (χ4v) is 4.56. The van der Waals surface area contributed by atoms with Gasteiger partial charge in [0.05, 0.1) is 18.1 Å². The van der Waals surface area contributed by atoms with E-state index in [1.165, 1.54) is 80.4 Å². The van der Waals surface area contributed by atoms with Crippen molar-refractivity contribution in [3.8, 4) is 0 Å². The first-order valence-corrected chi connectivity index (χ1v) is 11.8. The molecule has 0 spiro atoms. The van der Waals surface area contributed by atoms with Crippen LogP contribution in [-0.2, 0) is 17.6 Å². The molecule has 0 aliphatic carbocycles. The number of unbranched alkanes of at least 4 members (excludes halogenated alkanes) is 6. The summed E-state index contributed by atoms with van der Waals surface area (Å²) >= 11 is 0. The highest BCUT2D eigenvalue weighted by molar-refractivity contribution is 6.13. The molecule has 0 saturated heterocycles. The highest BCUT2D eigenvalue weighted by Crippen LogP contribution is 2.34. The molecule has 0 amide bonds. The van der Waals surface area contributed by atoms with E-state index in [0.29, 0.717) is 0 Å². The summed E-state index contributed by atoms with van der Waals surface area (Å²) < 4.78 is 6.89. The lowest BCUT2D eigenvalue weighted by molar-refractivity contribution is 0.175. The van der Waals surface area contributed by atoms with Crippen LogP contribution in [-0.4, -0.2) is 17.8 Å². The number of nitrogens with zero attached hydrogens (tertiary/aromatic N) is 1. The number of benzene rings is 2. The molecule has 0 N–H and O–H groups in total. The summed E-state index contributed by atoms with van der Waals surface area (Å²) in [7, 11) is 1.46. The van der Waals surface area contributed by atoms with E-state index in [2.05, 4.69) is 51.1 Å². The molecule has 2 aromatic carbocycles. The molecule has 3 nitrogen and oxygen atoms in total. The molecule has 0 unspecified atom stereocenters. The van der Waals surface area contributed by atoms with Gasteiger partial charge in [-0.15, -0.1) is 0 Å². The van der Waals surface area contributed by atoms with Gasteiger partial charge in [-0.3, -0.25) is 0 Å². The third kappa shape index (κ3) is 4.88. The average molecular weight is 408 g/mol. The van der Waals surface area contributed by atoms with E-state index in [9.17, 15) is 4.79 Å². The van der Waals surface area contributed by atoms with Crippen molar-refractivity contribution in [2.24, 2.45) is 0 Å². The van der Waals surface area contributed by atoms with Crippen molar-refractivity contribution in [3.63, 3.8) is 0 Å². The largest absolute Gasteiger partial charge is 0.452 e. The highest BCUT2D eigenvalue weighted by Gasteiger charge is 2.19. The Labute approximate surface area is 181 Å². The summed E-state index contributed by atoms with van der Waals surface area (Å²) in [6, 6.07) is 11.1. The Kier molecular flexibility index (Phi) is 7.95. The van der Waals surface area contributed by atoms with E-state index < -0.39 is 0 Å². The summed E-state index contributed by atoms with van der Waals surface area (Å²) in [6.07, 6.45) is 12.0. The molecule has 0 atom stereocenters. The maximum Gasteiger partial charge on any atom is 0.418 e. The highest BCUT2D eigenvalue weighted by atomic mass is 16.5. The number of hydrogen-bond acceptors (Lipinski definition) is 2. The van der Waals surface area contributed by atoms with Gasteiger partial charge in [0.2, 0.25) is 0 Å². The van der Waals surface area contributed by atoms with Gasteiger partial charge in [0.15, 0.2) is 0 Å². The van der Waals surface area contributed by atoms with Crippen LogP contribution in [0, 0.1) is 6.92 Å². The zero-order valence-corrected chi connectivity index (χ0v) is 19.2. The Hall–Kier alpha value is -2.29. The Morgan fingerprint density at radius 2 is 1.47 bits per heavy atom. The van der Waals surface area contributed by atoms with Crippen LogP contribution in [0.5, 0.6) is 0 Å². The molecule has 162 valence electrons. The van der Waals surface area contributed by atoms with Crippen molar-refractivity contribution in [2.45, 2.75) is 85.0 Å². The normalized spacial score (nSPS) is 11.5. The molecule has 0 radical (unpaired) electrons. The summed E-state index contributed by atoms with van der Waals surface area (Å²) in [5.41, 5.74) is 5.80. The minimum atomic E-state index is -0.315. The monoisotopic (exact) mass is 407 g/mol. The fraction of sp³-hybridized carbons (Fsp3) is 0.519. The van der Waals surface area contributed by atoms with Crippen LogP contribution >= 0.6 is 0 Å². The molecule has 0 saturated carbocycles. The predicted octanol–water partition coefficient (Wildman–Crippen LogP) is 7.96. The summed E-state index contributed by atoms with van der Waals surface area (Å²) in [6.45, 7) is 6.61. The quantitative estimate of drug-likeness (QED) is 0.319. The number of aryl methyl sites for hydroxylation is 3. The third-order valence-electron chi connectivity index (χ3n) is 6.17. The SMILES string of the molecule is CCCCCCc1ccc2c(c1)c1cc(CCCCCC)cc(C)c1n2C(=O)OC. The van der Waals surface area contributed by atoms with Gasteiger partial charge in [0, 0.05) is 10.8 Å². The minimum Gasteiger partial charge on any atom is -0.452 e. The van der Waals surface area contributed by atoms with Crippen molar-refractivity contribution in [2.75, 3.05) is 7.11 Å². The van der Waals surface area contributed by atoms with Gasteiger partial charge in [-0.05, 0) is 67.5 Å². The van der Waals surface area contributed by atoms with E-state index in [1.807, 2.05) is 0 Å². The third-order valence-corrected chi connectivity index (χ3v) is 6.17. The first-order chi connectivity index (χ1) is 14.6. The van der Waals surface area contributed by atoms with Crippen molar-refractivity contribution in [1.29, 1.82) is 0 Å². The molecule has 0 aliphatic rings. The second kappa shape index (κ2) is 10.7. The molecule has 3 rings (SSSR count). The number of carbonyl (C=O) groups is 1. The van der Waals surface area contributed by atoms with Crippen molar-refractivity contribution in [1.82, 2.24) is 4.57 Å². The van der Waals surface area contributed by atoms with Crippen molar-refractivity contribution >= 4 is 27.9 Å². The minimum absolute atomic E-state index is 0.315. The predicted molar refractivity (Wildman–Crippen MR) is 128 cm³/mol. The zero-order chi connectivity index (χ0) is 21.5. The standard InChI is InChI=1S/C27H37NO2/c1-5-7-9-11-13-21-15-16-25-23(18-21)24-19-22(14-12-10-8-6-2)17-20(3)26(24)28(25)27(29)30-4/h15-19H,5-14H2,1-4H3. The lowest BCUT2D eigenvalue weighted by atomic mass is 9.99. The second-order valence-electron chi connectivity index (χ2n) is 8.59. The first-order valence-electron chi connectivity index (χ1n) is 11.8. The van der Waals surface area contributed by atoms with Crippen LogP contribution in [0.2, 0.25) is 0 Å². The van der Waals surface area contributed by atoms with Gasteiger partial charge >= 0.3 is 6.09 Å². The molecule has 1 heterocycles. The van der Waals surface area contributed by atoms with Crippen molar-refractivity contribution in [3.05, 3.63) is 47.0 Å². The number of aromatic nitrogens is 1.